The molecule has 3 nitrogen and oxygen atoms in total. The van der Waals surface area contributed by atoms with Crippen molar-refractivity contribution in [2.45, 2.75) is 66.2 Å². The van der Waals surface area contributed by atoms with Crippen molar-refractivity contribution in [1.82, 2.24) is 0 Å². The van der Waals surface area contributed by atoms with Crippen LogP contribution in [0.3, 0.4) is 0 Å². The normalized spacial score (nSPS) is 21.4. The standard InChI is InChI=1S/C15H19N.C11H20N2S/c1-3-16-15-13-6-4-5-11(13)9-12-7-10(2)8-14(12)15;1-8(2)11-7-10(6-9(11)3)14(5,12)13-4/h3,9-10,16H,1,4-8H2,2H3;7-8H,5-6H2,1-4H3,(H2,12,13). The van der Waals surface area contributed by atoms with E-state index in [0.717, 1.165) is 12.3 Å². The summed E-state index contributed by atoms with van der Waals surface area (Å²) in [5, 5.41) is 9.45. The first kappa shape index (κ1) is 22.9. The monoisotopic (exact) mass is 425 g/mol. The molecule has 0 aromatic heterocycles. The quantitative estimate of drug-likeness (QED) is 0.583. The van der Waals surface area contributed by atoms with E-state index in [-0.39, 0.29) is 0 Å². The molecule has 4 rings (SSSR count). The van der Waals surface area contributed by atoms with Crippen molar-refractivity contribution >= 4 is 21.2 Å². The first-order valence-corrected chi connectivity index (χ1v) is 13.0. The van der Waals surface area contributed by atoms with Crippen molar-refractivity contribution in [1.29, 1.82) is 0 Å². The molecule has 4 heteroatoms. The summed E-state index contributed by atoms with van der Waals surface area (Å²) in [6.45, 7) is 12.7. The molecule has 2 unspecified atom stereocenters. The number of nitrogens with one attached hydrogen (secondary N) is 1. The van der Waals surface area contributed by atoms with Gasteiger partial charge in [0, 0.05) is 24.1 Å². The van der Waals surface area contributed by atoms with Gasteiger partial charge in [0.2, 0.25) is 0 Å². The van der Waals surface area contributed by atoms with E-state index < -0.39 is 9.60 Å². The van der Waals surface area contributed by atoms with Gasteiger partial charge in [-0.1, -0.05) is 48.6 Å². The van der Waals surface area contributed by atoms with Gasteiger partial charge in [-0.25, -0.2) is 0 Å². The summed E-state index contributed by atoms with van der Waals surface area (Å²) in [4.78, 5) is 1.21. The van der Waals surface area contributed by atoms with Crippen molar-refractivity contribution in [3.05, 3.63) is 63.2 Å². The Morgan fingerprint density at radius 2 is 1.97 bits per heavy atom. The van der Waals surface area contributed by atoms with Crippen molar-refractivity contribution in [3.8, 4) is 0 Å². The summed E-state index contributed by atoms with van der Waals surface area (Å²) in [7, 11) is 0.153. The smallest absolute Gasteiger partial charge is 0.0450 e. The van der Waals surface area contributed by atoms with Crippen LogP contribution in [0.2, 0.25) is 0 Å². The lowest BCUT2D eigenvalue weighted by molar-refractivity contribution is 0.628. The Kier molecular flexibility index (Phi) is 6.98. The summed E-state index contributed by atoms with van der Waals surface area (Å²) in [6.07, 6.45) is 11.3. The van der Waals surface area contributed by atoms with Gasteiger partial charge in [-0.3, -0.25) is 9.50 Å². The van der Waals surface area contributed by atoms with Crippen molar-refractivity contribution in [2.24, 2.45) is 21.3 Å². The fourth-order valence-corrected chi connectivity index (χ4v) is 6.09. The minimum atomic E-state index is -1.60. The topological polar surface area (TPSA) is 50.4 Å². The predicted octanol–water partition coefficient (Wildman–Crippen LogP) is 5.99. The average Bonchev–Trinajstić information content (AvgIpc) is 3.40. The summed E-state index contributed by atoms with van der Waals surface area (Å²) >= 11 is 0. The Morgan fingerprint density at radius 3 is 2.57 bits per heavy atom. The second-order valence-corrected chi connectivity index (χ2v) is 11.8. The Bertz CT molecular complexity index is 1020. The van der Waals surface area contributed by atoms with Gasteiger partial charge < -0.3 is 5.32 Å². The van der Waals surface area contributed by atoms with Crippen LogP contribution in [0, 0.1) is 11.8 Å². The zero-order valence-electron chi connectivity index (χ0n) is 19.5. The van der Waals surface area contributed by atoms with Crippen molar-refractivity contribution in [3.63, 3.8) is 0 Å². The fourth-order valence-electron chi connectivity index (χ4n) is 5.05. The molecule has 3 N–H and O–H groups in total. The highest BCUT2D eigenvalue weighted by atomic mass is 32.2. The lowest BCUT2D eigenvalue weighted by Gasteiger charge is -2.14. The zero-order chi connectivity index (χ0) is 22.1. The Labute approximate surface area is 184 Å². The maximum absolute atomic E-state index is 6.06. The number of nitrogens with two attached hydrogens (primary N) is 1. The second kappa shape index (κ2) is 9.15. The van der Waals surface area contributed by atoms with Crippen LogP contribution in [-0.4, -0.2) is 12.9 Å². The molecule has 0 heterocycles. The number of anilines is 1. The van der Waals surface area contributed by atoms with E-state index in [2.05, 4.69) is 62.0 Å². The van der Waals surface area contributed by atoms with Gasteiger partial charge in [-0.05, 0) is 96.8 Å². The minimum absolute atomic E-state index is 0.569. The van der Waals surface area contributed by atoms with Gasteiger partial charge in [0.15, 0.2) is 0 Å². The maximum atomic E-state index is 6.06. The summed E-state index contributed by atoms with van der Waals surface area (Å²) in [6, 6.07) is 2.47. The molecule has 0 spiro atoms. The molecule has 2 atom stereocenters. The largest absolute Gasteiger partial charge is 0.362 e. The van der Waals surface area contributed by atoms with Gasteiger partial charge >= 0.3 is 0 Å². The fraction of sp³-hybridized carbons (Fsp3) is 0.500. The third-order valence-electron chi connectivity index (χ3n) is 6.62. The van der Waals surface area contributed by atoms with Crippen LogP contribution in [0.25, 0.3) is 0 Å². The molecular weight excluding hydrogens is 386 g/mol. The van der Waals surface area contributed by atoms with E-state index in [1.807, 2.05) is 6.20 Å². The molecule has 30 heavy (non-hydrogen) atoms. The van der Waals surface area contributed by atoms with Gasteiger partial charge in [-0.15, -0.1) is 0 Å². The Morgan fingerprint density at radius 1 is 1.23 bits per heavy atom. The maximum Gasteiger partial charge on any atom is 0.0450 e. The lowest BCUT2D eigenvalue weighted by atomic mass is 9.99. The van der Waals surface area contributed by atoms with Crippen LogP contribution in [-0.2, 0) is 35.3 Å². The average molecular weight is 426 g/mol. The van der Waals surface area contributed by atoms with E-state index in [9.17, 15) is 0 Å². The molecular formula is C26H39N3S. The molecule has 0 aliphatic heterocycles. The van der Waals surface area contributed by atoms with Gasteiger partial charge in [0.1, 0.15) is 0 Å². The molecule has 3 aliphatic rings. The molecule has 0 saturated heterocycles. The number of hydrogen-bond donors (Lipinski definition) is 2. The number of hydrogen-bond acceptors (Lipinski definition) is 2. The molecule has 0 radical (unpaired) electrons. The van der Waals surface area contributed by atoms with Crippen LogP contribution in [0.15, 0.2) is 45.3 Å². The first-order valence-electron chi connectivity index (χ1n) is 11.2. The molecule has 1 aromatic carbocycles. The van der Waals surface area contributed by atoms with E-state index in [0.29, 0.717) is 5.92 Å². The van der Waals surface area contributed by atoms with Gasteiger partial charge in [0.25, 0.3) is 0 Å². The van der Waals surface area contributed by atoms with Crippen LogP contribution in [0.1, 0.15) is 62.8 Å². The molecule has 164 valence electrons. The van der Waals surface area contributed by atoms with Crippen LogP contribution >= 0.6 is 0 Å². The Hall–Kier alpha value is -1.78. The van der Waals surface area contributed by atoms with Crippen LogP contribution < -0.4 is 10.5 Å². The summed E-state index contributed by atoms with van der Waals surface area (Å²) in [5.41, 5.74) is 10.5. The number of allylic oxidation sites excluding steroid dienone is 4. The first-order chi connectivity index (χ1) is 14.2. The summed E-state index contributed by atoms with van der Waals surface area (Å²) in [5.74, 6) is 5.38. The number of benzene rings is 1. The van der Waals surface area contributed by atoms with Crippen molar-refractivity contribution < 1.29 is 0 Å². The van der Waals surface area contributed by atoms with E-state index in [1.54, 1.807) is 29.3 Å². The predicted molar refractivity (Wildman–Crippen MR) is 136 cm³/mol. The highest BCUT2D eigenvalue weighted by Crippen LogP contribution is 2.40. The third-order valence-corrected chi connectivity index (χ3v) is 8.44. The molecule has 0 amide bonds. The molecule has 3 aliphatic carbocycles. The molecule has 1 aromatic rings. The third kappa shape index (κ3) is 4.60. The molecule has 0 fully saturated rings. The van der Waals surface area contributed by atoms with Gasteiger partial charge in [0.05, 0.1) is 0 Å². The Balaban J connectivity index is 0.000000173. The minimum Gasteiger partial charge on any atom is -0.362 e. The van der Waals surface area contributed by atoms with E-state index >= 15 is 0 Å². The highest BCUT2D eigenvalue weighted by Gasteiger charge is 2.26. The van der Waals surface area contributed by atoms with E-state index in [4.69, 9.17) is 5.14 Å². The van der Waals surface area contributed by atoms with Crippen LogP contribution in [0.5, 0.6) is 0 Å². The lowest BCUT2D eigenvalue weighted by Crippen LogP contribution is -2.13. The molecule has 0 bridgehead atoms. The zero-order valence-corrected chi connectivity index (χ0v) is 20.3. The highest BCUT2D eigenvalue weighted by molar-refractivity contribution is 8.03. The van der Waals surface area contributed by atoms with Crippen LogP contribution in [0.4, 0.5) is 5.69 Å². The van der Waals surface area contributed by atoms with E-state index in [1.165, 1.54) is 53.8 Å². The number of rotatable bonds is 4. The summed E-state index contributed by atoms with van der Waals surface area (Å²) < 4.78 is 4.19. The van der Waals surface area contributed by atoms with Gasteiger partial charge in [-0.2, -0.15) is 0 Å². The number of fused-ring (bicyclic) bond motifs is 2. The second-order valence-electron chi connectivity index (χ2n) is 9.36. The SMILES string of the molecule is C=CNc1c2c(cc3c1CC(C)C3)CCC2.C=S(N)(=NC)C1=CC(C(C)C)=C(C)C1. The van der Waals surface area contributed by atoms with Crippen molar-refractivity contribution in [2.75, 3.05) is 12.4 Å². The number of nitrogens with zero attached hydrogens (tertiary/aromatic N) is 1. The molecule has 0 saturated carbocycles. The number of aryl methyl sites for hydroxylation is 1.